The number of benzene rings is 1. The summed E-state index contributed by atoms with van der Waals surface area (Å²) in [5.74, 6) is 2.60. The van der Waals surface area contributed by atoms with E-state index in [0.29, 0.717) is 12.6 Å². The average molecular weight is 275 g/mol. The Morgan fingerprint density at radius 3 is 2.65 bits per heavy atom. The van der Waals surface area contributed by atoms with E-state index in [0.717, 1.165) is 23.1 Å². The molecule has 20 heavy (non-hydrogen) atoms. The van der Waals surface area contributed by atoms with Gasteiger partial charge in [0, 0.05) is 6.54 Å². The molecule has 0 heterocycles. The lowest BCUT2D eigenvalue weighted by Gasteiger charge is -2.23. The standard InChI is InChI=1S/C15H21N3O2/c16-15(19)18-17-9-10-2-5-13(6-3-10)20-14-8-11-1-4-12(14)7-11/h2-3,5-6,11-12,14,17H,1,4,7-9H2,(H3,16,18,19). The molecule has 3 unspecified atom stereocenters. The minimum atomic E-state index is -0.582. The fourth-order valence-corrected chi connectivity index (χ4v) is 3.42. The van der Waals surface area contributed by atoms with Gasteiger partial charge in [-0.05, 0) is 55.2 Å². The third-order valence-corrected chi connectivity index (χ3v) is 4.39. The van der Waals surface area contributed by atoms with Crippen molar-refractivity contribution in [2.45, 2.75) is 38.3 Å². The van der Waals surface area contributed by atoms with E-state index in [9.17, 15) is 4.79 Å². The Morgan fingerprint density at radius 2 is 2.05 bits per heavy atom. The van der Waals surface area contributed by atoms with Gasteiger partial charge in [0.25, 0.3) is 0 Å². The summed E-state index contributed by atoms with van der Waals surface area (Å²) in [6, 6.07) is 7.40. The van der Waals surface area contributed by atoms with E-state index in [4.69, 9.17) is 10.5 Å². The van der Waals surface area contributed by atoms with Crippen LogP contribution in [-0.4, -0.2) is 12.1 Å². The fourth-order valence-electron chi connectivity index (χ4n) is 3.42. The van der Waals surface area contributed by atoms with Crippen molar-refractivity contribution in [1.29, 1.82) is 0 Å². The van der Waals surface area contributed by atoms with E-state index in [1.165, 1.54) is 25.7 Å². The summed E-state index contributed by atoms with van der Waals surface area (Å²) in [5.41, 5.74) is 11.1. The first-order chi connectivity index (χ1) is 9.70. The molecule has 0 saturated heterocycles. The van der Waals surface area contributed by atoms with Crippen LogP contribution >= 0.6 is 0 Å². The number of urea groups is 1. The summed E-state index contributed by atoms with van der Waals surface area (Å²) in [6.07, 6.45) is 5.70. The molecule has 2 bridgehead atoms. The zero-order valence-electron chi connectivity index (χ0n) is 11.5. The Balaban J connectivity index is 1.50. The van der Waals surface area contributed by atoms with Crippen molar-refractivity contribution in [2.24, 2.45) is 17.6 Å². The van der Waals surface area contributed by atoms with E-state index in [1.807, 2.05) is 24.3 Å². The molecule has 0 aliphatic heterocycles. The summed E-state index contributed by atoms with van der Waals surface area (Å²) in [6.45, 7) is 0.539. The van der Waals surface area contributed by atoms with Gasteiger partial charge in [-0.15, -0.1) is 0 Å². The summed E-state index contributed by atoms with van der Waals surface area (Å²) in [5, 5.41) is 0. The number of rotatable bonds is 5. The third-order valence-electron chi connectivity index (χ3n) is 4.39. The van der Waals surface area contributed by atoms with Gasteiger partial charge in [-0.1, -0.05) is 12.1 Å². The normalized spacial score (nSPS) is 27.5. The third kappa shape index (κ3) is 3.04. The molecular weight excluding hydrogens is 254 g/mol. The maximum atomic E-state index is 10.5. The topological polar surface area (TPSA) is 76.4 Å². The molecule has 4 N–H and O–H groups in total. The number of fused-ring (bicyclic) bond motifs is 2. The number of hydrogen-bond acceptors (Lipinski definition) is 3. The van der Waals surface area contributed by atoms with Gasteiger partial charge in [-0.25, -0.2) is 10.2 Å². The van der Waals surface area contributed by atoms with Crippen molar-refractivity contribution < 1.29 is 9.53 Å². The summed E-state index contributed by atoms with van der Waals surface area (Å²) < 4.78 is 6.10. The molecule has 0 spiro atoms. The Bertz CT molecular complexity index is 475. The second-order valence-electron chi connectivity index (χ2n) is 5.82. The van der Waals surface area contributed by atoms with Gasteiger partial charge < -0.3 is 10.5 Å². The van der Waals surface area contributed by atoms with Crippen LogP contribution in [0.4, 0.5) is 4.79 Å². The Hall–Kier alpha value is -1.75. The largest absolute Gasteiger partial charge is 0.490 e. The van der Waals surface area contributed by atoms with Gasteiger partial charge in [-0.2, -0.15) is 0 Å². The van der Waals surface area contributed by atoms with E-state index < -0.39 is 6.03 Å². The highest BCUT2D eigenvalue weighted by Gasteiger charge is 2.40. The molecule has 108 valence electrons. The van der Waals surface area contributed by atoms with Crippen LogP contribution in [0.3, 0.4) is 0 Å². The number of carbonyl (C=O) groups is 1. The van der Waals surface area contributed by atoms with E-state index in [-0.39, 0.29) is 0 Å². The molecule has 2 amide bonds. The molecule has 2 saturated carbocycles. The van der Waals surface area contributed by atoms with E-state index in [2.05, 4.69) is 10.9 Å². The van der Waals surface area contributed by atoms with Crippen LogP contribution in [0.5, 0.6) is 5.75 Å². The minimum Gasteiger partial charge on any atom is -0.490 e. The number of ether oxygens (including phenoxy) is 1. The number of primary amides is 1. The first kappa shape index (κ1) is 13.2. The van der Waals surface area contributed by atoms with Gasteiger partial charge in [0.15, 0.2) is 0 Å². The van der Waals surface area contributed by atoms with Crippen LogP contribution in [0.15, 0.2) is 24.3 Å². The molecule has 2 aliphatic rings. The number of hydrogen-bond donors (Lipinski definition) is 3. The highest BCUT2D eigenvalue weighted by atomic mass is 16.5. The Morgan fingerprint density at radius 1 is 1.25 bits per heavy atom. The van der Waals surface area contributed by atoms with Crippen LogP contribution in [0.25, 0.3) is 0 Å². The molecule has 5 nitrogen and oxygen atoms in total. The number of nitrogens with two attached hydrogens (primary N) is 1. The smallest absolute Gasteiger partial charge is 0.326 e. The molecule has 3 rings (SSSR count). The van der Waals surface area contributed by atoms with E-state index in [1.54, 1.807) is 0 Å². The lowest BCUT2D eigenvalue weighted by atomic mass is 9.98. The second kappa shape index (κ2) is 5.71. The molecule has 3 atom stereocenters. The van der Waals surface area contributed by atoms with Crippen LogP contribution in [-0.2, 0) is 6.54 Å². The molecule has 0 radical (unpaired) electrons. The number of carbonyl (C=O) groups excluding carboxylic acids is 1. The highest BCUT2D eigenvalue weighted by molar-refractivity contribution is 5.70. The van der Waals surface area contributed by atoms with Crippen molar-refractivity contribution in [3.05, 3.63) is 29.8 Å². The number of amides is 2. The zero-order chi connectivity index (χ0) is 13.9. The number of nitrogens with one attached hydrogen (secondary N) is 2. The zero-order valence-corrected chi connectivity index (χ0v) is 11.5. The average Bonchev–Trinajstić information content (AvgIpc) is 3.03. The maximum Gasteiger partial charge on any atom is 0.326 e. The lowest BCUT2D eigenvalue weighted by molar-refractivity contribution is 0.138. The summed E-state index contributed by atoms with van der Waals surface area (Å²) >= 11 is 0. The second-order valence-corrected chi connectivity index (χ2v) is 5.82. The van der Waals surface area contributed by atoms with Crippen molar-refractivity contribution in [3.8, 4) is 5.75 Å². The quantitative estimate of drug-likeness (QED) is 0.719. The lowest BCUT2D eigenvalue weighted by Crippen LogP contribution is -2.40. The first-order valence-electron chi connectivity index (χ1n) is 7.24. The SMILES string of the molecule is NC(=O)NNCc1ccc(OC2CC3CCC2C3)cc1. The molecule has 1 aromatic carbocycles. The Labute approximate surface area is 118 Å². The van der Waals surface area contributed by atoms with Crippen LogP contribution < -0.4 is 21.3 Å². The number of hydrazine groups is 1. The van der Waals surface area contributed by atoms with Crippen LogP contribution in [0.2, 0.25) is 0 Å². The van der Waals surface area contributed by atoms with E-state index >= 15 is 0 Å². The van der Waals surface area contributed by atoms with Crippen LogP contribution in [0.1, 0.15) is 31.2 Å². The highest BCUT2D eigenvalue weighted by Crippen LogP contribution is 2.45. The van der Waals surface area contributed by atoms with Gasteiger partial charge in [0.1, 0.15) is 11.9 Å². The van der Waals surface area contributed by atoms with Gasteiger partial charge >= 0.3 is 6.03 Å². The minimum absolute atomic E-state index is 0.411. The van der Waals surface area contributed by atoms with Crippen molar-refractivity contribution in [2.75, 3.05) is 0 Å². The first-order valence-corrected chi connectivity index (χ1v) is 7.24. The van der Waals surface area contributed by atoms with Crippen molar-refractivity contribution in [1.82, 2.24) is 10.9 Å². The predicted molar refractivity (Wildman–Crippen MR) is 75.9 cm³/mol. The molecule has 0 aromatic heterocycles. The van der Waals surface area contributed by atoms with Crippen molar-refractivity contribution in [3.63, 3.8) is 0 Å². The fraction of sp³-hybridized carbons (Fsp3) is 0.533. The van der Waals surface area contributed by atoms with Gasteiger partial charge in [0.05, 0.1) is 0 Å². The molecule has 5 heteroatoms. The molecule has 2 fully saturated rings. The van der Waals surface area contributed by atoms with Gasteiger partial charge in [0.2, 0.25) is 0 Å². The van der Waals surface area contributed by atoms with Crippen molar-refractivity contribution >= 4 is 6.03 Å². The molecule has 1 aromatic rings. The predicted octanol–water partition coefficient (Wildman–Crippen LogP) is 1.93. The summed E-state index contributed by atoms with van der Waals surface area (Å²) in [4.78, 5) is 10.5. The van der Waals surface area contributed by atoms with Crippen LogP contribution in [0, 0.1) is 11.8 Å². The van der Waals surface area contributed by atoms with Gasteiger partial charge in [-0.3, -0.25) is 5.43 Å². The summed E-state index contributed by atoms with van der Waals surface area (Å²) in [7, 11) is 0. The monoisotopic (exact) mass is 275 g/mol. The molecule has 2 aliphatic carbocycles. The Kier molecular flexibility index (Phi) is 3.78. The molecular formula is C15H21N3O2. The maximum absolute atomic E-state index is 10.5.